The summed E-state index contributed by atoms with van der Waals surface area (Å²) >= 11 is 12.5. The summed E-state index contributed by atoms with van der Waals surface area (Å²) in [6.45, 7) is 2.38. The standard InChI is InChI=1S/C19H30Cl2N4O7/c1-19(2,15(29)16(30)23-7-6-14(27)28)9-32-18(31)25-17(22)24-13(26)8-10-11(20)4-3-5-12(10)21/h10-12,15,29H,3-9H2,1-2H3,(H,23,30)(H,27,28)(H3,22,24,25,26,31). The SMILES string of the molecule is CC(C)(COC(=O)N=C(N)NC(=O)CC1C(Cl)CCCC1Cl)C(O)C(=O)NCCC(=O)O. The zero-order valence-corrected chi connectivity index (χ0v) is 19.5. The molecule has 0 aliphatic heterocycles. The molecule has 1 aliphatic rings. The number of ether oxygens (including phenoxy) is 1. The van der Waals surface area contributed by atoms with Crippen molar-refractivity contribution >= 4 is 53.0 Å². The Balaban J connectivity index is 2.50. The molecule has 0 aromatic rings. The molecule has 3 atom stereocenters. The molecule has 0 bridgehead atoms. The highest BCUT2D eigenvalue weighted by atomic mass is 35.5. The lowest BCUT2D eigenvalue weighted by Gasteiger charge is -2.30. The number of hydrogen-bond donors (Lipinski definition) is 5. The lowest BCUT2D eigenvalue weighted by molar-refractivity contribution is -0.138. The maximum Gasteiger partial charge on any atom is 0.436 e. The van der Waals surface area contributed by atoms with E-state index < -0.39 is 48.0 Å². The Kier molecular flexibility index (Phi) is 11.2. The number of nitrogens with one attached hydrogen (secondary N) is 2. The van der Waals surface area contributed by atoms with Crippen LogP contribution in [0.4, 0.5) is 4.79 Å². The van der Waals surface area contributed by atoms with Crippen LogP contribution in [0.15, 0.2) is 4.99 Å². The molecule has 32 heavy (non-hydrogen) atoms. The van der Waals surface area contributed by atoms with Crippen LogP contribution in [0.2, 0.25) is 0 Å². The van der Waals surface area contributed by atoms with Crippen molar-refractivity contribution in [2.75, 3.05) is 13.2 Å². The Labute approximate surface area is 196 Å². The minimum Gasteiger partial charge on any atom is -0.481 e. The third kappa shape index (κ3) is 9.58. The van der Waals surface area contributed by atoms with Gasteiger partial charge in [0.25, 0.3) is 0 Å². The normalized spacial score (nSPS) is 22.5. The largest absolute Gasteiger partial charge is 0.481 e. The highest BCUT2D eigenvalue weighted by Gasteiger charge is 2.35. The minimum absolute atomic E-state index is 0.0316. The second kappa shape index (κ2) is 12.8. The van der Waals surface area contributed by atoms with E-state index in [4.69, 9.17) is 38.8 Å². The molecular weight excluding hydrogens is 467 g/mol. The number of hydrogen-bond acceptors (Lipinski definition) is 6. The van der Waals surface area contributed by atoms with E-state index in [1.54, 1.807) is 0 Å². The lowest BCUT2D eigenvalue weighted by atomic mass is 9.86. The summed E-state index contributed by atoms with van der Waals surface area (Å²) in [5, 5.41) is 22.8. The van der Waals surface area contributed by atoms with Gasteiger partial charge in [-0.25, -0.2) is 4.79 Å². The van der Waals surface area contributed by atoms with Gasteiger partial charge in [0.2, 0.25) is 17.8 Å². The summed E-state index contributed by atoms with van der Waals surface area (Å²) < 4.78 is 4.92. The summed E-state index contributed by atoms with van der Waals surface area (Å²) in [6.07, 6.45) is -0.555. The summed E-state index contributed by atoms with van der Waals surface area (Å²) in [7, 11) is 0. The lowest BCUT2D eigenvalue weighted by Crippen LogP contribution is -2.46. The number of aliphatic hydroxyl groups is 1. The molecule has 182 valence electrons. The van der Waals surface area contributed by atoms with E-state index in [1.807, 2.05) is 0 Å². The molecule has 1 aliphatic carbocycles. The number of halogens is 2. The molecule has 3 unspecified atom stereocenters. The summed E-state index contributed by atoms with van der Waals surface area (Å²) in [5.74, 6) is -3.09. The molecule has 3 amide bonds. The number of carboxylic acids is 1. The Morgan fingerprint density at radius 3 is 2.38 bits per heavy atom. The van der Waals surface area contributed by atoms with Crippen molar-refractivity contribution in [3.63, 3.8) is 0 Å². The van der Waals surface area contributed by atoms with Crippen LogP contribution < -0.4 is 16.4 Å². The predicted molar refractivity (Wildman–Crippen MR) is 117 cm³/mol. The van der Waals surface area contributed by atoms with Crippen molar-refractivity contribution in [1.82, 2.24) is 10.6 Å². The fourth-order valence-electron chi connectivity index (χ4n) is 3.06. The van der Waals surface area contributed by atoms with Gasteiger partial charge in [-0.3, -0.25) is 19.7 Å². The predicted octanol–water partition coefficient (Wildman–Crippen LogP) is 0.937. The number of amides is 3. The first-order chi connectivity index (χ1) is 14.8. The number of nitrogens with zero attached hydrogens (tertiary/aromatic N) is 1. The highest BCUT2D eigenvalue weighted by molar-refractivity contribution is 6.24. The summed E-state index contributed by atoms with van der Waals surface area (Å²) in [5.41, 5.74) is 4.36. The van der Waals surface area contributed by atoms with E-state index in [0.29, 0.717) is 0 Å². The number of guanidine groups is 1. The maximum atomic E-state index is 12.1. The van der Waals surface area contributed by atoms with Crippen LogP contribution in [0.3, 0.4) is 0 Å². The smallest absolute Gasteiger partial charge is 0.436 e. The van der Waals surface area contributed by atoms with Crippen LogP contribution >= 0.6 is 23.2 Å². The van der Waals surface area contributed by atoms with Gasteiger partial charge in [0, 0.05) is 35.1 Å². The number of aliphatic imine (C=N–C) groups is 1. The fourth-order valence-corrected chi connectivity index (χ4v) is 3.97. The van der Waals surface area contributed by atoms with Crippen molar-refractivity contribution in [2.45, 2.75) is 62.8 Å². The van der Waals surface area contributed by atoms with Crippen LogP contribution in [0.5, 0.6) is 0 Å². The molecule has 0 aromatic heterocycles. The fraction of sp³-hybridized carbons (Fsp3) is 0.737. The van der Waals surface area contributed by atoms with Gasteiger partial charge in [-0.15, -0.1) is 28.2 Å². The third-order valence-corrected chi connectivity index (χ3v) is 6.07. The number of carbonyl (C=O) groups is 4. The van der Waals surface area contributed by atoms with E-state index in [9.17, 15) is 24.3 Å². The molecule has 1 rings (SSSR count). The molecule has 0 saturated heterocycles. The van der Waals surface area contributed by atoms with E-state index >= 15 is 0 Å². The Morgan fingerprint density at radius 1 is 1.22 bits per heavy atom. The molecule has 0 aromatic carbocycles. The number of rotatable bonds is 9. The van der Waals surface area contributed by atoms with E-state index in [2.05, 4.69) is 15.6 Å². The van der Waals surface area contributed by atoms with Gasteiger partial charge in [-0.2, -0.15) is 0 Å². The number of aliphatic carboxylic acids is 1. The van der Waals surface area contributed by atoms with Crippen LogP contribution in [-0.4, -0.2) is 70.1 Å². The Morgan fingerprint density at radius 2 is 1.81 bits per heavy atom. The molecule has 11 nitrogen and oxygen atoms in total. The van der Waals surface area contributed by atoms with Crippen molar-refractivity contribution in [2.24, 2.45) is 22.1 Å². The van der Waals surface area contributed by atoms with Gasteiger partial charge < -0.3 is 26.0 Å². The molecule has 0 spiro atoms. The molecule has 6 N–H and O–H groups in total. The average molecular weight is 497 g/mol. The first kappa shape index (κ1) is 27.9. The second-order valence-corrected chi connectivity index (χ2v) is 9.38. The molecule has 0 radical (unpaired) electrons. The Hall–Kier alpha value is -2.11. The van der Waals surface area contributed by atoms with Gasteiger partial charge in [0.05, 0.1) is 6.42 Å². The zero-order chi connectivity index (χ0) is 24.5. The topological polar surface area (TPSA) is 180 Å². The van der Waals surface area contributed by atoms with Gasteiger partial charge in [-0.1, -0.05) is 20.3 Å². The number of aliphatic hydroxyl groups excluding tert-OH is 1. The van der Waals surface area contributed by atoms with Crippen LogP contribution in [0.25, 0.3) is 0 Å². The van der Waals surface area contributed by atoms with Crippen molar-refractivity contribution in [3.05, 3.63) is 0 Å². The van der Waals surface area contributed by atoms with Gasteiger partial charge >= 0.3 is 12.1 Å². The van der Waals surface area contributed by atoms with Crippen LogP contribution in [-0.2, 0) is 19.1 Å². The van der Waals surface area contributed by atoms with Crippen molar-refractivity contribution < 1.29 is 34.1 Å². The minimum atomic E-state index is -1.58. The van der Waals surface area contributed by atoms with Crippen LogP contribution in [0.1, 0.15) is 46.0 Å². The van der Waals surface area contributed by atoms with Gasteiger partial charge in [-0.05, 0) is 12.8 Å². The van der Waals surface area contributed by atoms with Crippen molar-refractivity contribution in [3.8, 4) is 0 Å². The monoisotopic (exact) mass is 496 g/mol. The molecule has 1 fully saturated rings. The highest BCUT2D eigenvalue weighted by Crippen LogP contribution is 2.34. The molecular formula is C19H30Cl2N4O7. The van der Waals surface area contributed by atoms with E-state index in [0.717, 1.165) is 19.3 Å². The summed E-state index contributed by atoms with van der Waals surface area (Å²) in [6, 6.07) is 0. The van der Waals surface area contributed by atoms with Gasteiger partial charge in [0.15, 0.2) is 0 Å². The number of carboxylic acid groups (broad SMARTS) is 1. The first-order valence-electron chi connectivity index (χ1n) is 10.1. The quantitative estimate of drug-likeness (QED) is 0.177. The zero-order valence-electron chi connectivity index (χ0n) is 18.0. The summed E-state index contributed by atoms with van der Waals surface area (Å²) in [4.78, 5) is 49.8. The first-order valence-corrected chi connectivity index (χ1v) is 11.0. The van der Waals surface area contributed by atoms with E-state index in [-0.39, 0.29) is 36.1 Å². The Bertz CT molecular complexity index is 722. The maximum absolute atomic E-state index is 12.1. The van der Waals surface area contributed by atoms with Gasteiger partial charge in [0.1, 0.15) is 12.7 Å². The number of alkyl halides is 2. The van der Waals surface area contributed by atoms with Crippen LogP contribution in [0, 0.1) is 11.3 Å². The molecule has 0 heterocycles. The molecule has 13 heteroatoms. The average Bonchev–Trinajstić information content (AvgIpc) is 2.68. The number of carbonyl (C=O) groups excluding carboxylic acids is 3. The number of nitrogens with two attached hydrogens (primary N) is 1. The third-order valence-electron chi connectivity index (χ3n) is 4.98. The van der Waals surface area contributed by atoms with Crippen molar-refractivity contribution in [1.29, 1.82) is 0 Å². The molecule has 1 saturated carbocycles. The second-order valence-electron chi connectivity index (χ2n) is 8.26. The van der Waals surface area contributed by atoms with E-state index in [1.165, 1.54) is 13.8 Å².